The minimum absolute atomic E-state index is 0.100. The number of hydrogen-bond donors (Lipinski definition) is 1. The average molecular weight is 495 g/mol. The topological polar surface area (TPSA) is 67.9 Å². The zero-order valence-corrected chi connectivity index (χ0v) is 20.1. The molecule has 5 rings (SSSR count). The van der Waals surface area contributed by atoms with Gasteiger partial charge in [-0.25, -0.2) is 4.39 Å². The van der Waals surface area contributed by atoms with Gasteiger partial charge in [0.15, 0.2) is 11.5 Å². The van der Waals surface area contributed by atoms with Crippen LogP contribution in [-0.2, 0) is 17.8 Å². The molecule has 6 nitrogen and oxygen atoms in total. The van der Waals surface area contributed by atoms with Crippen LogP contribution < -0.4 is 14.8 Å². The molecule has 0 bridgehead atoms. The first kappa shape index (κ1) is 23.2. The quantitative estimate of drug-likeness (QED) is 0.560. The summed E-state index contributed by atoms with van der Waals surface area (Å²) >= 11 is 6.17. The van der Waals surface area contributed by atoms with E-state index in [-0.39, 0.29) is 23.4 Å². The number of ether oxygens (including phenoxy) is 2. The molecule has 2 heterocycles. The average Bonchev–Trinajstić information content (AvgIpc) is 2.87. The second-order valence-electron chi connectivity index (χ2n) is 8.62. The first-order valence-electron chi connectivity index (χ1n) is 11.3. The van der Waals surface area contributed by atoms with Crippen LogP contribution in [0.5, 0.6) is 11.5 Å². The summed E-state index contributed by atoms with van der Waals surface area (Å²) in [6, 6.07) is 14.6. The van der Waals surface area contributed by atoms with Gasteiger partial charge in [0.2, 0.25) is 5.91 Å². The van der Waals surface area contributed by atoms with E-state index in [1.165, 1.54) is 12.1 Å². The van der Waals surface area contributed by atoms with E-state index in [0.717, 1.165) is 11.1 Å². The summed E-state index contributed by atoms with van der Waals surface area (Å²) in [5.74, 6) is -0.297. The minimum atomic E-state index is -0.653. The van der Waals surface area contributed by atoms with E-state index >= 15 is 0 Å². The zero-order chi connectivity index (χ0) is 24.7. The molecule has 0 saturated carbocycles. The van der Waals surface area contributed by atoms with Gasteiger partial charge in [-0.15, -0.1) is 0 Å². The van der Waals surface area contributed by atoms with Crippen molar-refractivity contribution in [3.8, 4) is 11.5 Å². The van der Waals surface area contributed by atoms with Crippen molar-refractivity contribution in [3.63, 3.8) is 0 Å². The van der Waals surface area contributed by atoms with E-state index in [2.05, 4.69) is 5.32 Å². The summed E-state index contributed by atoms with van der Waals surface area (Å²) in [7, 11) is 3.14. The van der Waals surface area contributed by atoms with Crippen molar-refractivity contribution in [2.75, 3.05) is 20.8 Å². The lowest BCUT2D eigenvalue weighted by Crippen LogP contribution is -2.50. The van der Waals surface area contributed by atoms with E-state index in [1.807, 2.05) is 24.3 Å². The molecule has 1 N–H and O–H groups in total. The third-order valence-electron chi connectivity index (χ3n) is 6.78. The molecule has 0 spiro atoms. The monoisotopic (exact) mass is 494 g/mol. The SMILES string of the molecule is COc1cc2c(cc1OC)C1C(C(=O)NCc3ccc(F)cc3Cl)c3ccccc3C(=O)N1CC2. The van der Waals surface area contributed by atoms with Crippen LogP contribution in [0, 0.1) is 5.82 Å². The summed E-state index contributed by atoms with van der Waals surface area (Å²) in [5, 5.41) is 3.20. The van der Waals surface area contributed by atoms with Crippen molar-refractivity contribution in [2.45, 2.75) is 24.9 Å². The van der Waals surface area contributed by atoms with Crippen LogP contribution in [0.1, 0.15) is 44.6 Å². The van der Waals surface area contributed by atoms with Crippen molar-refractivity contribution in [3.05, 3.63) is 93.3 Å². The van der Waals surface area contributed by atoms with Gasteiger partial charge in [0.1, 0.15) is 5.82 Å². The lowest BCUT2D eigenvalue weighted by atomic mass is 9.75. The maximum absolute atomic E-state index is 13.7. The molecule has 0 aliphatic carbocycles. The van der Waals surface area contributed by atoms with Crippen LogP contribution >= 0.6 is 11.6 Å². The highest BCUT2D eigenvalue weighted by Gasteiger charge is 2.46. The fourth-order valence-electron chi connectivity index (χ4n) is 5.09. The van der Waals surface area contributed by atoms with Crippen molar-refractivity contribution in [1.29, 1.82) is 0 Å². The number of carbonyl (C=O) groups is 2. The lowest BCUT2D eigenvalue weighted by molar-refractivity contribution is -0.124. The van der Waals surface area contributed by atoms with Crippen molar-refractivity contribution in [1.82, 2.24) is 10.2 Å². The molecule has 2 amide bonds. The van der Waals surface area contributed by atoms with Crippen LogP contribution in [0.15, 0.2) is 54.6 Å². The van der Waals surface area contributed by atoms with Gasteiger partial charge in [0.25, 0.3) is 5.91 Å². The molecule has 3 aromatic rings. The molecule has 2 aliphatic rings. The molecule has 35 heavy (non-hydrogen) atoms. The van der Waals surface area contributed by atoms with Crippen molar-refractivity contribution in [2.24, 2.45) is 0 Å². The first-order valence-corrected chi connectivity index (χ1v) is 11.7. The van der Waals surface area contributed by atoms with Crippen LogP contribution in [0.4, 0.5) is 4.39 Å². The Labute approximate surface area is 207 Å². The van der Waals surface area contributed by atoms with Gasteiger partial charge in [-0.2, -0.15) is 0 Å². The van der Waals surface area contributed by atoms with Crippen LogP contribution in [0.3, 0.4) is 0 Å². The number of benzene rings is 3. The highest BCUT2D eigenvalue weighted by atomic mass is 35.5. The second kappa shape index (κ2) is 9.23. The van der Waals surface area contributed by atoms with Gasteiger partial charge in [-0.1, -0.05) is 35.9 Å². The zero-order valence-electron chi connectivity index (χ0n) is 19.3. The highest BCUT2D eigenvalue weighted by molar-refractivity contribution is 6.31. The Bertz CT molecular complexity index is 1330. The van der Waals surface area contributed by atoms with Crippen molar-refractivity contribution < 1.29 is 23.5 Å². The Morgan fingerprint density at radius 2 is 1.83 bits per heavy atom. The number of carbonyl (C=O) groups excluding carboxylic acids is 2. The molecule has 180 valence electrons. The van der Waals surface area contributed by atoms with Crippen LogP contribution in [0.2, 0.25) is 5.02 Å². The molecule has 0 saturated heterocycles. The van der Waals surface area contributed by atoms with E-state index in [1.54, 1.807) is 37.3 Å². The van der Waals surface area contributed by atoms with Gasteiger partial charge in [-0.05, 0) is 59.0 Å². The molecule has 0 radical (unpaired) electrons. The molecular formula is C27H24ClFN2O4. The Morgan fingerprint density at radius 1 is 1.09 bits per heavy atom. The summed E-state index contributed by atoms with van der Waals surface area (Å²) in [5.41, 5.74) is 3.66. The van der Waals surface area contributed by atoms with E-state index in [4.69, 9.17) is 21.1 Å². The summed E-state index contributed by atoms with van der Waals surface area (Å²) in [4.78, 5) is 29.0. The Hall–Kier alpha value is -3.58. The molecule has 2 unspecified atom stereocenters. The number of hydrogen-bond acceptors (Lipinski definition) is 4. The van der Waals surface area contributed by atoms with Gasteiger partial charge in [-0.3, -0.25) is 9.59 Å². The van der Waals surface area contributed by atoms with E-state index in [9.17, 15) is 14.0 Å². The largest absolute Gasteiger partial charge is 0.493 e. The van der Waals surface area contributed by atoms with Gasteiger partial charge < -0.3 is 19.7 Å². The third-order valence-corrected chi connectivity index (χ3v) is 7.13. The number of methoxy groups -OCH3 is 2. The first-order chi connectivity index (χ1) is 16.9. The molecule has 2 aliphatic heterocycles. The van der Waals surface area contributed by atoms with Crippen molar-refractivity contribution >= 4 is 23.4 Å². The van der Waals surface area contributed by atoms with Gasteiger partial charge >= 0.3 is 0 Å². The lowest BCUT2D eigenvalue weighted by Gasteiger charge is -2.45. The predicted octanol–water partition coefficient (Wildman–Crippen LogP) is 4.65. The van der Waals surface area contributed by atoms with Gasteiger partial charge in [0, 0.05) is 23.7 Å². The van der Waals surface area contributed by atoms with Crippen LogP contribution in [-0.4, -0.2) is 37.5 Å². The second-order valence-corrected chi connectivity index (χ2v) is 9.03. The standard InChI is InChI=1S/C27H24ClFN2O4/c1-34-22-11-15-9-10-31-25(20(15)13-23(22)35-2)24(18-5-3-4-6-19(18)27(31)33)26(32)30-14-16-7-8-17(29)12-21(16)28/h3-8,11-13,24-25H,9-10,14H2,1-2H3,(H,30,32). The number of halogens is 2. The third kappa shape index (κ3) is 4.00. The predicted molar refractivity (Wildman–Crippen MR) is 129 cm³/mol. The number of fused-ring (bicyclic) bond motifs is 4. The van der Waals surface area contributed by atoms with E-state index < -0.39 is 17.8 Å². The normalized spacial score (nSPS) is 18.3. The maximum Gasteiger partial charge on any atom is 0.254 e. The minimum Gasteiger partial charge on any atom is -0.493 e. The summed E-state index contributed by atoms with van der Waals surface area (Å²) in [6.07, 6.45) is 0.639. The Morgan fingerprint density at radius 3 is 2.57 bits per heavy atom. The Kier molecular flexibility index (Phi) is 6.11. The van der Waals surface area contributed by atoms with Gasteiger partial charge in [0.05, 0.1) is 26.2 Å². The summed E-state index contributed by atoms with van der Waals surface area (Å²) < 4.78 is 24.5. The fourth-order valence-corrected chi connectivity index (χ4v) is 5.33. The molecule has 0 aromatic heterocycles. The molecule has 3 aromatic carbocycles. The molecule has 0 fully saturated rings. The smallest absolute Gasteiger partial charge is 0.254 e. The maximum atomic E-state index is 13.7. The Balaban J connectivity index is 1.57. The van der Waals surface area contributed by atoms with E-state index in [0.29, 0.717) is 41.2 Å². The summed E-state index contributed by atoms with van der Waals surface area (Å²) in [6.45, 7) is 0.615. The molecule has 8 heteroatoms. The van der Waals surface area contributed by atoms with Crippen LogP contribution in [0.25, 0.3) is 0 Å². The number of nitrogens with one attached hydrogen (secondary N) is 1. The highest BCUT2D eigenvalue weighted by Crippen LogP contribution is 2.48. The molecule has 2 atom stereocenters. The number of nitrogens with zero attached hydrogens (tertiary/aromatic N) is 1. The number of amides is 2. The fraction of sp³-hybridized carbons (Fsp3) is 0.259. The molecular weight excluding hydrogens is 471 g/mol. The number of rotatable bonds is 5.